The normalized spacial score (nSPS) is 12.4. The number of ether oxygens (including phenoxy) is 2. The van der Waals surface area contributed by atoms with E-state index in [9.17, 15) is 4.79 Å². The van der Waals surface area contributed by atoms with Gasteiger partial charge < -0.3 is 25.4 Å². The largest absolute Gasteiger partial charge is 0.495 e. The van der Waals surface area contributed by atoms with E-state index in [0.717, 1.165) is 12.8 Å². The van der Waals surface area contributed by atoms with Gasteiger partial charge in [0.05, 0.1) is 18.5 Å². The lowest BCUT2D eigenvalue weighted by atomic mass is 10.1. The highest BCUT2D eigenvalue weighted by Gasteiger charge is 2.23. The molecule has 7 heteroatoms. The summed E-state index contributed by atoms with van der Waals surface area (Å²) < 4.78 is 10.6. The Labute approximate surface area is 155 Å². The van der Waals surface area contributed by atoms with Crippen LogP contribution in [0.5, 0.6) is 5.75 Å². The molecule has 0 aliphatic heterocycles. The Morgan fingerprint density at radius 2 is 2.04 bits per heavy atom. The number of nitrogen functional groups attached to an aromatic ring is 1. The number of halogens is 1. The zero-order valence-corrected chi connectivity index (χ0v) is 16.7. The lowest BCUT2D eigenvalue weighted by Crippen LogP contribution is -2.41. The van der Waals surface area contributed by atoms with Crippen molar-refractivity contribution in [3.8, 4) is 5.75 Å². The molecule has 1 rings (SSSR count). The molecular formula is C18H30ClN3O3. The second-order valence-corrected chi connectivity index (χ2v) is 7.41. The van der Waals surface area contributed by atoms with Crippen molar-refractivity contribution in [3.63, 3.8) is 0 Å². The van der Waals surface area contributed by atoms with Crippen molar-refractivity contribution in [2.24, 2.45) is 0 Å². The van der Waals surface area contributed by atoms with Gasteiger partial charge in [0.15, 0.2) is 0 Å². The molecule has 0 fully saturated rings. The number of nitrogens with zero attached hydrogens (tertiary/aromatic N) is 1. The van der Waals surface area contributed by atoms with Crippen LogP contribution in [0.3, 0.4) is 0 Å². The van der Waals surface area contributed by atoms with E-state index in [1.165, 1.54) is 0 Å². The highest BCUT2D eigenvalue weighted by atomic mass is 35.5. The first-order chi connectivity index (χ1) is 11.6. The molecule has 1 atom stereocenters. The summed E-state index contributed by atoms with van der Waals surface area (Å²) in [5.41, 5.74) is 6.68. The molecule has 0 aliphatic rings. The standard InChI is InChI=1S/C18H30ClN3O3/c1-7-8-12(11-22(5)17(23)25-18(2,3)4)21-16-13(20)9-10-14(24-6)15(16)19/h9-10,12,21H,7-8,11,20H2,1-6H3. The number of rotatable bonds is 7. The van der Waals surface area contributed by atoms with Gasteiger partial charge in [-0.3, -0.25) is 0 Å². The van der Waals surface area contributed by atoms with Crippen molar-refractivity contribution < 1.29 is 14.3 Å². The molecule has 0 radical (unpaired) electrons. The first-order valence-electron chi connectivity index (χ1n) is 8.41. The summed E-state index contributed by atoms with van der Waals surface area (Å²) in [5.74, 6) is 0.550. The van der Waals surface area contributed by atoms with Crippen LogP contribution in [0.25, 0.3) is 0 Å². The number of likely N-dealkylation sites (N-methyl/N-ethyl adjacent to an activating group) is 1. The molecule has 0 saturated carbocycles. The molecule has 3 N–H and O–H groups in total. The van der Waals surface area contributed by atoms with Crippen LogP contribution in [0.15, 0.2) is 12.1 Å². The third kappa shape index (κ3) is 6.53. The quantitative estimate of drug-likeness (QED) is 0.695. The fourth-order valence-corrected chi connectivity index (χ4v) is 2.69. The minimum Gasteiger partial charge on any atom is -0.495 e. The summed E-state index contributed by atoms with van der Waals surface area (Å²) in [4.78, 5) is 13.7. The number of methoxy groups -OCH3 is 1. The molecule has 1 aromatic carbocycles. The fourth-order valence-electron chi connectivity index (χ4n) is 2.38. The molecule has 1 amide bonds. The predicted octanol–water partition coefficient (Wildman–Crippen LogP) is 4.38. The molecule has 25 heavy (non-hydrogen) atoms. The number of carbonyl (C=O) groups is 1. The Morgan fingerprint density at radius 1 is 1.40 bits per heavy atom. The number of amides is 1. The van der Waals surface area contributed by atoms with Crippen molar-refractivity contribution >= 4 is 29.1 Å². The minimum atomic E-state index is -0.528. The highest BCUT2D eigenvalue weighted by molar-refractivity contribution is 6.35. The Balaban J connectivity index is 2.90. The van der Waals surface area contributed by atoms with Crippen molar-refractivity contribution in [3.05, 3.63) is 17.2 Å². The molecule has 0 heterocycles. The molecule has 142 valence electrons. The Kier molecular flexibility index (Phi) is 7.67. The average Bonchev–Trinajstić information content (AvgIpc) is 2.49. The van der Waals surface area contributed by atoms with Gasteiger partial charge in [-0.1, -0.05) is 24.9 Å². The van der Waals surface area contributed by atoms with Gasteiger partial charge in [-0.15, -0.1) is 0 Å². The zero-order valence-electron chi connectivity index (χ0n) is 16.0. The molecular weight excluding hydrogens is 342 g/mol. The van der Waals surface area contributed by atoms with Crippen LogP contribution in [-0.4, -0.2) is 43.3 Å². The van der Waals surface area contributed by atoms with E-state index >= 15 is 0 Å². The molecule has 1 unspecified atom stereocenters. The van der Waals surface area contributed by atoms with E-state index in [-0.39, 0.29) is 12.1 Å². The first-order valence-corrected chi connectivity index (χ1v) is 8.79. The summed E-state index contributed by atoms with van der Waals surface area (Å²) in [7, 11) is 3.27. The zero-order chi connectivity index (χ0) is 19.2. The third-order valence-corrected chi connectivity index (χ3v) is 3.92. The third-order valence-electron chi connectivity index (χ3n) is 3.54. The first kappa shape index (κ1) is 21.2. The fraction of sp³-hybridized carbons (Fsp3) is 0.611. The number of nitrogens with two attached hydrogens (primary N) is 1. The molecule has 1 aromatic rings. The smallest absolute Gasteiger partial charge is 0.410 e. The Hall–Kier alpha value is -1.82. The summed E-state index contributed by atoms with van der Waals surface area (Å²) in [5, 5.41) is 3.79. The van der Waals surface area contributed by atoms with E-state index in [1.807, 2.05) is 20.8 Å². The summed E-state index contributed by atoms with van der Waals surface area (Å²) in [6.45, 7) is 8.08. The van der Waals surface area contributed by atoms with Gasteiger partial charge in [-0.2, -0.15) is 0 Å². The van der Waals surface area contributed by atoms with Crippen LogP contribution >= 0.6 is 11.6 Å². The maximum absolute atomic E-state index is 12.2. The highest BCUT2D eigenvalue weighted by Crippen LogP contribution is 2.37. The number of nitrogens with one attached hydrogen (secondary N) is 1. The van der Waals surface area contributed by atoms with E-state index < -0.39 is 5.60 Å². The van der Waals surface area contributed by atoms with Crippen molar-refractivity contribution in [1.82, 2.24) is 4.90 Å². The number of benzene rings is 1. The number of carbonyl (C=O) groups excluding carboxylic acids is 1. The van der Waals surface area contributed by atoms with Gasteiger partial charge in [-0.05, 0) is 39.3 Å². The minimum absolute atomic E-state index is 0.0191. The van der Waals surface area contributed by atoms with Crippen molar-refractivity contribution in [1.29, 1.82) is 0 Å². The van der Waals surface area contributed by atoms with Crippen LogP contribution in [-0.2, 0) is 4.74 Å². The van der Waals surface area contributed by atoms with Crippen LogP contribution in [0.2, 0.25) is 5.02 Å². The van der Waals surface area contributed by atoms with Crippen LogP contribution in [0.1, 0.15) is 40.5 Å². The summed E-state index contributed by atoms with van der Waals surface area (Å²) >= 11 is 6.37. The van der Waals surface area contributed by atoms with Crippen molar-refractivity contribution in [2.45, 2.75) is 52.2 Å². The second kappa shape index (κ2) is 9.04. The predicted molar refractivity (Wildman–Crippen MR) is 104 cm³/mol. The van der Waals surface area contributed by atoms with Gasteiger partial charge in [0, 0.05) is 19.6 Å². The van der Waals surface area contributed by atoms with Crippen LogP contribution in [0, 0.1) is 0 Å². The number of hydrogen-bond donors (Lipinski definition) is 2. The van der Waals surface area contributed by atoms with E-state index in [4.69, 9.17) is 26.8 Å². The topological polar surface area (TPSA) is 76.8 Å². The van der Waals surface area contributed by atoms with Gasteiger partial charge >= 0.3 is 6.09 Å². The van der Waals surface area contributed by atoms with Gasteiger partial charge in [0.2, 0.25) is 0 Å². The molecule has 0 aliphatic carbocycles. The van der Waals surface area contributed by atoms with Crippen LogP contribution < -0.4 is 15.8 Å². The average molecular weight is 372 g/mol. The van der Waals surface area contributed by atoms with Crippen LogP contribution in [0.4, 0.5) is 16.2 Å². The van der Waals surface area contributed by atoms with E-state index in [2.05, 4.69) is 12.2 Å². The second-order valence-electron chi connectivity index (χ2n) is 7.04. The monoisotopic (exact) mass is 371 g/mol. The molecule has 0 spiro atoms. The lowest BCUT2D eigenvalue weighted by molar-refractivity contribution is 0.0291. The van der Waals surface area contributed by atoms with Gasteiger partial charge in [-0.25, -0.2) is 4.79 Å². The van der Waals surface area contributed by atoms with E-state index in [1.54, 1.807) is 31.2 Å². The summed E-state index contributed by atoms with van der Waals surface area (Å²) in [6.07, 6.45) is 1.43. The Bertz CT molecular complexity index is 588. The molecule has 6 nitrogen and oxygen atoms in total. The summed E-state index contributed by atoms with van der Waals surface area (Å²) in [6, 6.07) is 3.45. The maximum atomic E-state index is 12.2. The van der Waals surface area contributed by atoms with Crippen molar-refractivity contribution in [2.75, 3.05) is 31.8 Å². The number of hydrogen-bond acceptors (Lipinski definition) is 5. The molecule has 0 saturated heterocycles. The number of anilines is 2. The SMILES string of the molecule is CCCC(CN(C)C(=O)OC(C)(C)C)Nc1c(N)ccc(OC)c1Cl. The Morgan fingerprint density at radius 3 is 2.56 bits per heavy atom. The van der Waals surface area contributed by atoms with Gasteiger partial charge in [0.25, 0.3) is 0 Å². The lowest BCUT2D eigenvalue weighted by Gasteiger charge is -2.29. The van der Waals surface area contributed by atoms with Gasteiger partial charge in [0.1, 0.15) is 16.4 Å². The molecule has 0 bridgehead atoms. The maximum Gasteiger partial charge on any atom is 0.410 e. The van der Waals surface area contributed by atoms with E-state index in [0.29, 0.717) is 28.7 Å². The molecule has 0 aromatic heterocycles.